The molecule has 0 fully saturated rings. The summed E-state index contributed by atoms with van der Waals surface area (Å²) < 4.78 is 2.04. The number of H-pyrrole nitrogens is 1. The van der Waals surface area contributed by atoms with Gasteiger partial charge in [-0.25, -0.2) is 9.99 Å². The molecule has 7 nitrogen and oxygen atoms in total. The number of benzene rings is 2. The van der Waals surface area contributed by atoms with E-state index in [1.165, 1.54) is 23.5 Å². The van der Waals surface area contributed by atoms with E-state index in [2.05, 4.69) is 39.8 Å². The Labute approximate surface area is 167 Å². The fourth-order valence-corrected chi connectivity index (χ4v) is 3.37. The molecule has 144 valence electrons. The van der Waals surface area contributed by atoms with Gasteiger partial charge in [0.15, 0.2) is 0 Å². The number of nitrogens with one attached hydrogen (secondary N) is 2. The van der Waals surface area contributed by atoms with Gasteiger partial charge in [-0.05, 0) is 67.6 Å². The van der Waals surface area contributed by atoms with E-state index < -0.39 is 0 Å². The molecule has 0 atom stereocenters. The smallest absolute Gasteiger partial charge is 0.337 e. The third kappa shape index (κ3) is 4.98. The van der Waals surface area contributed by atoms with Gasteiger partial charge in [-0.15, -0.1) is 5.10 Å². The van der Waals surface area contributed by atoms with Crippen LogP contribution in [-0.2, 0) is 11.3 Å². The fourth-order valence-electron chi connectivity index (χ4n) is 2.55. The first-order valence-corrected chi connectivity index (χ1v) is 9.84. The fraction of sp³-hybridized carbons (Fsp3) is 0.200. The lowest BCUT2D eigenvalue weighted by atomic mass is 10.1. The molecule has 1 heterocycles. The number of phenolic OH excluding ortho intramolecular Hbond substituents is 1. The average molecular weight is 396 g/mol. The Morgan fingerprint density at radius 2 is 1.96 bits per heavy atom. The second-order valence-electron chi connectivity index (χ2n) is 6.14. The van der Waals surface area contributed by atoms with Crippen molar-refractivity contribution in [3.05, 3.63) is 59.7 Å². The number of hydrogen-bond donors (Lipinski definition) is 3. The van der Waals surface area contributed by atoms with E-state index in [1.54, 1.807) is 24.3 Å². The predicted octanol–water partition coefficient (Wildman–Crippen LogP) is 2.64. The Kier molecular flexibility index (Phi) is 6.44. The zero-order valence-electron chi connectivity index (χ0n) is 15.7. The molecular formula is C20H22N5O2S+. The van der Waals surface area contributed by atoms with E-state index in [0.717, 1.165) is 28.7 Å². The van der Waals surface area contributed by atoms with Gasteiger partial charge in [-0.1, -0.05) is 17.7 Å². The molecule has 3 aromatic rings. The summed E-state index contributed by atoms with van der Waals surface area (Å²) in [6, 6.07) is 14.8. The van der Waals surface area contributed by atoms with E-state index in [9.17, 15) is 9.90 Å². The highest BCUT2D eigenvalue weighted by Gasteiger charge is 2.21. The number of aromatic nitrogens is 3. The second kappa shape index (κ2) is 9.18. The second-order valence-corrected chi connectivity index (χ2v) is 7.08. The van der Waals surface area contributed by atoms with Crippen molar-refractivity contribution < 1.29 is 14.5 Å². The molecule has 2 aromatic carbocycles. The Morgan fingerprint density at radius 1 is 1.25 bits per heavy atom. The SMILES string of the molecule is CC[n+]1c(SCC(=O)NN=Cc2ccc(O)cc2)n[nH]c1-c1ccc(C)cc1. The lowest BCUT2D eigenvalue weighted by Crippen LogP contribution is -2.36. The van der Waals surface area contributed by atoms with E-state index >= 15 is 0 Å². The molecule has 0 spiro atoms. The van der Waals surface area contributed by atoms with Crippen LogP contribution in [0.4, 0.5) is 0 Å². The van der Waals surface area contributed by atoms with Gasteiger partial charge in [0.25, 0.3) is 11.7 Å². The number of hydrogen-bond acceptors (Lipinski definition) is 5. The van der Waals surface area contributed by atoms with Crippen LogP contribution in [0.5, 0.6) is 5.75 Å². The van der Waals surface area contributed by atoms with Crippen molar-refractivity contribution in [2.24, 2.45) is 5.10 Å². The number of carbonyl (C=O) groups excluding carboxylic acids is 1. The summed E-state index contributed by atoms with van der Waals surface area (Å²) in [5.41, 5.74) is 5.53. The quantitative estimate of drug-likeness (QED) is 0.248. The Morgan fingerprint density at radius 3 is 2.64 bits per heavy atom. The van der Waals surface area contributed by atoms with Gasteiger partial charge in [0.05, 0.1) is 29.2 Å². The molecule has 0 bridgehead atoms. The molecule has 3 rings (SSSR count). The first-order chi connectivity index (χ1) is 13.6. The van der Waals surface area contributed by atoms with Crippen LogP contribution in [0.1, 0.15) is 18.1 Å². The van der Waals surface area contributed by atoms with Crippen LogP contribution >= 0.6 is 11.8 Å². The summed E-state index contributed by atoms with van der Waals surface area (Å²) >= 11 is 1.35. The van der Waals surface area contributed by atoms with Gasteiger partial charge in [-0.2, -0.15) is 5.10 Å². The minimum Gasteiger partial charge on any atom is -0.508 e. The summed E-state index contributed by atoms with van der Waals surface area (Å²) in [5.74, 6) is 1.08. The van der Waals surface area contributed by atoms with Crippen molar-refractivity contribution in [1.82, 2.24) is 15.6 Å². The Hall–Kier alpha value is -3.13. The number of carbonyl (C=O) groups is 1. The number of aryl methyl sites for hydroxylation is 1. The topological polar surface area (TPSA) is 94.2 Å². The lowest BCUT2D eigenvalue weighted by Gasteiger charge is -2.02. The van der Waals surface area contributed by atoms with Crippen molar-refractivity contribution in [1.29, 1.82) is 0 Å². The van der Waals surface area contributed by atoms with E-state index in [4.69, 9.17) is 0 Å². The van der Waals surface area contributed by atoms with Crippen LogP contribution in [0, 0.1) is 6.92 Å². The third-order valence-corrected chi connectivity index (χ3v) is 5.00. The monoisotopic (exact) mass is 396 g/mol. The maximum Gasteiger partial charge on any atom is 0.337 e. The van der Waals surface area contributed by atoms with Crippen molar-refractivity contribution in [2.45, 2.75) is 25.5 Å². The summed E-state index contributed by atoms with van der Waals surface area (Å²) in [7, 11) is 0. The molecule has 0 aliphatic carbocycles. The zero-order valence-corrected chi connectivity index (χ0v) is 16.5. The molecule has 3 N–H and O–H groups in total. The largest absolute Gasteiger partial charge is 0.508 e. The summed E-state index contributed by atoms with van der Waals surface area (Å²) in [6.07, 6.45) is 1.53. The highest BCUT2D eigenvalue weighted by molar-refractivity contribution is 7.99. The minimum atomic E-state index is -0.220. The highest BCUT2D eigenvalue weighted by Crippen LogP contribution is 2.18. The Bertz CT molecular complexity index is 965. The number of aromatic hydroxyl groups is 1. The number of hydrazone groups is 1. The molecule has 1 amide bonds. The van der Waals surface area contributed by atoms with E-state index in [-0.39, 0.29) is 17.4 Å². The maximum atomic E-state index is 12.0. The van der Waals surface area contributed by atoms with Gasteiger partial charge < -0.3 is 5.11 Å². The first kappa shape index (κ1) is 19.6. The molecule has 8 heteroatoms. The number of rotatable bonds is 7. The normalized spacial score (nSPS) is 11.1. The van der Waals surface area contributed by atoms with Crippen molar-refractivity contribution in [3.8, 4) is 17.1 Å². The molecule has 0 saturated carbocycles. The Balaban J connectivity index is 1.58. The van der Waals surface area contributed by atoms with Crippen LogP contribution < -0.4 is 9.99 Å². The van der Waals surface area contributed by atoms with Crippen LogP contribution in [0.3, 0.4) is 0 Å². The highest BCUT2D eigenvalue weighted by atomic mass is 32.2. The molecule has 0 saturated heterocycles. The molecule has 1 aromatic heterocycles. The number of nitrogens with zero attached hydrogens (tertiary/aromatic N) is 3. The predicted molar refractivity (Wildman–Crippen MR) is 109 cm³/mol. The molecule has 28 heavy (non-hydrogen) atoms. The molecule has 0 aliphatic heterocycles. The zero-order chi connectivity index (χ0) is 19.9. The maximum absolute atomic E-state index is 12.0. The van der Waals surface area contributed by atoms with E-state index in [0.29, 0.717) is 0 Å². The van der Waals surface area contributed by atoms with Gasteiger partial charge in [-0.3, -0.25) is 4.79 Å². The van der Waals surface area contributed by atoms with Gasteiger partial charge in [0.1, 0.15) is 5.75 Å². The standard InChI is InChI=1S/C20H21N5O2S/c1-3-25-19(16-8-4-14(2)5-9-16)23-24-20(25)28-13-18(27)22-21-12-15-6-10-17(26)11-7-15/h4-12H,3,13H2,1-2H3,(H2,21,22,26,27)/p+1. The molecular weight excluding hydrogens is 374 g/mol. The van der Waals surface area contributed by atoms with Gasteiger partial charge in [0, 0.05) is 0 Å². The van der Waals surface area contributed by atoms with Crippen molar-refractivity contribution >= 4 is 23.9 Å². The minimum absolute atomic E-state index is 0.186. The van der Waals surface area contributed by atoms with Gasteiger partial charge in [0.2, 0.25) is 0 Å². The van der Waals surface area contributed by atoms with Crippen LogP contribution in [0.15, 0.2) is 58.8 Å². The number of thioether (sulfide) groups is 1. The number of amides is 1. The first-order valence-electron chi connectivity index (χ1n) is 8.86. The lowest BCUT2D eigenvalue weighted by molar-refractivity contribution is -0.719. The summed E-state index contributed by atoms with van der Waals surface area (Å²) in [4.78, 5) is 12.0. The average Bonchev–Trinajstić information content (AvgIpc) is 3.11. The van der Waals surface area contributed by atoms with Crippen molar-refractivity contribution in [3.63, 3.8) is 0 Å². The van der Waals surface area contributed by atoms with Crippen LogP contribution in [0.2, 0.25) is 0 Å². The van der Waals surface area contributed by atoms with Crippen molar-refractivity contribution in [2.75, 3.05) is 5.75 Å². The van der Waals surface area contributed by atoms with Crippen LogP contribution in [-0.4, -0.2) is 33.2 Å². The molecule has 0 aliphatic rings. The van der Waals surface area contributed by atoms with Gasteiger partial charge >= 0.3 is 5.16 Å². The number of phenols is 1. The molecule has 0 radical (unpaired) electrons. The number of aromatic amines is 1. The summed E-state index contributed by atoms with van der Waals surface area (Å²) in [6.45, 7) is 4.83. The third-order valence-electron chi connectivity index (χ3n) is 4.03. The summed E-state index contributed by atoms with van der Waals surface area (Å²) in [5, 5.41) is 21.3. The van der Waals surface area contributed by atoms with E-state index in [1.807, 2.05) is 23.6 Å². The van der Waals surface area contributed by atoms with Crippen LogP contribution in [0.25, 0.3) is 11.4 Å². The molecule has 0 unspecified atom stereocenters.